The Kier molecular flexibility index (Phi) is 5.46. The third kappa shape index (κ3) is 4.26. The summed E-state index contributed by atoms with van der Waals surface area (Å²) in [7, 11) is 0. The van der Waals surface area contributed by atoms with Crippen molar-refractivity contribution < 1.29 is 5.11 Å². The third-order valence-electron chi connectivity index (χ3n) is 2.66. The van der Waals surface area contributed by atoms with Gasteiger partial charge in [-0.15, -0.1) is 11.3 Å². The molecule has 20 heavy (non-hydrogen) atoms. The van der Waals surface area contributed by atoms with Crippen LogP contribution >= 0.6 is 23.6 Å². The lowest BCUT2D eigenvalue weighted by Crippen LogP contribution is -2.29. The van der Waals surface area contributed by atoms with Gasteiger partial charge in [-0.3, -0.25) is 0 Å². The Bertz CT molecular complexity index is 583. The summed E-state index contributed by atoms with van der Waals surface area (Å²) in [5.74, 6) is 0. The third-order valence-corrected chi connectivity index (χ3v) is 3.68. The number of aromatic nitrogens is 1. The minimum Gasteiger partial charge on any atom is -0.396 e. The van der Waals surface area contributed by atoms with Crippen LogP contribution in [-0.4, -0.2) is 28.4 Å². The van der Waals surface area contributed by atoms with Crippen LogP contribution in [0.25, 0.3) is 11.3 Å². The number of nitrogens with zero attached hydrogens (tertiary/aromatic N) is 1. The number of thiocarbonyl (C=S) groups is 1. The molecule has 3 N–H and O–H groups in total. The molecule has 0 saturated heterocycles. The maximum atomic E-state index is 8.72. The molecular weight excluding hydrogens is 290 g/mol. The largest absolute Gasteiger partial charge is 0.396 e. The minimum atomic E-state index is 0.161. The Morgan fingerprint density at radius 3 is 3.00 bits per heavy atom. The standard InChI is InChI=1S/C14H17N3OS2/c1-10-16-13(9-20-10)11-4-2-5-12(8-11)17-14(19)15-6-3-7-18/h2,4-5,8-9,18H,3,6-7H2,1H3,(H2,15,17,19). The van der Waals surface area contributed by atoms with Gasteiger partial charge in [0.15, 0.2) is 5.11 Å². The van der Waals surface area contributed by atoms with Gasteiger partial charge in [-0.05, 0) is 37.7 Å². The average Bonchev–Trinajstić information content (AvgIpc) is 2.86. The van der Waals surface area contributed by atoms with Crippen LogP contribution in [0.2, 0.25) is 0 Å². The monoisotopic (exact) mass is 307 g/mol. The van der Waals surface area contributed by atoms with Crippen molar-refractivity contribution in [1.82, 2.24) is 10.3 Å². The number of hydrogen-bond donors (Lipinski definition) is 3. The van der Waals surface area contributed by atoms with Crippen LogP contribution in [0.1, 0.15) is 11.4 Å². The quantitative estimate of drug-likeness (QED) is 0.586. The first kappa shape index (κ1) is 14.9. The molecule has 1 heterocycles. The van der Waals surface area contributed by atoms with E-state index in [1.165, 1.54) is 0 Å². The molecule has 0 spiro atoms. The first-order chi connectivity index (χ1) is 9.69. The molecule has 0 fully saturated rings. The highest BCUT2D eigenvalue weighted by molar-refractivity contribution is 7.80. The molecule has 0 aliphatic carbocycles. The normalized spacial score (nSPS) is 10.3. The Morgan fingerprint density at radius 2 is 2.30 bits per heavy atom. The van der Waals surface area contributed by atoms with Gasteiger partial charge in [-0.25, -0.2) is 4.98 Å². The maximum Gasteiger partial charge on any atom is 0.170 e. The second kappa shape index (κ2) is 7.33. The van der Waals surface area contributed by atoms with Gasteiger partial charge in [-0.2, -0.15) is 0 Å². The molecule has 0 bridgehead atoms. The summed E-state index contributed by atoms with van der Waals surface area (Å²) in [6, 6.07) is 7.99. The Balaban J connectivity index is 2.01. The van der Waals surface area contributed by atoms with Crippen molar-refractivity contribution in [2.24, 2.45) is 0 Å². The van der Waals surface area contributed by atoms with Gasteiger partial charge < -0.3 is 15.7 Å². The Labute approximate surface area is 127 Å². The molecular formula is C14H17N3OS2. The van der Waals surface area contributed by atoms with E-state index in [2.05, 4.69) is 15.6 Å². The van der Waals surface area contributed by atoms with Gasteiger partial charge in [0.05, 0.1) is 10.7 Å². The molecule has 2 rings (SSSR count). The summed E-state index contributed by atoms with van der Waals surface area (Å²) in [6.07, 6.45) is 0.681. The second-order valence-corrected chi connectivity index (χ2v) is 5.76. The van der Waals surface area contributed by atoms with E-state index in [0.717, 1.165) is 22.0 Å². The van der Waals surface area contributed by atoms with Crippen LogP contribution in [0.3, 0.4) is 0 Å². The van der Waals surface area contributed by atoms with Crippen LogP contribution < -0.4 is 10.6 Å². The number of aryl methyl sites for hydroxylation is 1. The van der Waals surface area contributed by atoms with Gasteiger partial charge >= 0.3 is 0 Å². The lowest BCUT2D eigenvalue weighted by atomic mass is 10.1. The minimum absolute atomic E-state index is 0.161. The van der Waals surface area contributed by atoms with Crippen molar-refractivity contribution in [3.8, 4) is 11.3 Å². The summed E-state index contributed by atoms with van der Waals surface area (Å²) >= 11 is 6.84. The molecule has 6 heteroatoms. The predicted molar refractivity (Wildman–Crippen MR) is 88.2 cm³/mol. The number of anilines is 1. The van der Waals surface area contributed by atoms with Crippen molar-refractivity contribution >= 4 is 34.4 Å². The van der Waals surface area contributed by atoms with Crippen LogP contribution in [0.4, 0.5) is 5.69 Å². The van der Waals surface area contributed by atoms with E-state index < -0.39 is 0 Å². The van der Waals surface area contributed by atoms with Gasteiger partial charge in [0, 0.05) is 29.8 Å². The summed E-state index contributed by atoms with van der Waals surface area (Å²) in [5, 5.41) is 18.6. The number of hydrogen-bond acceptors (Lipinski definition) is 4. The summed E-state index contributed by atoms with van der Waals surface area (Å²) < 4.78 is 0. The second-order valence-electron chi connectivity index (χ2n) is 4.29. The fraction of sp³-hybridized carbons (Fsp3) is 0.286. The van der Waals surface area contributed by atoms with E-state index >= 15 is 0 Å². The molecule has 1 aromatic heterocycles. The van der Waals surface area contributed by atoms with E-state index in [0.29, 0.717) is 18.1 Å². The molecule has 0 aliphatic rings. The van der Waals surface area contributed by atoms with Gasteiger partial charge in [-0.1, -0.05) is 12.1 Å². The van der Waals surface area contributed by atoms with Crippen LogP contribution in [0, 0.1) is 6.92 Å². The van der Waals surface area contributed by atoms with Crippen LogP contribution in [0.5, 0.6) is 0 Å². The molecule has 106 valence electrons. The van der Waals surface area contributed by atoms with E-state index in [9.17, 15) is 0 Å². The zero-order chi connectivity index (χ0) is 14.4. The number of aliphatic hydroxyl groups excluding tert-OH is 1. The molecule has 2 aromatic rings. The first-order valence-corrected chi connectivity index (χ1v) is 7.66. The highest BCUT2D eigenvalue weighted by Gasteiger charge is 2.04. The number of rotatable bonds is 5. The van der Waals surface area contributed by atoms with E-state index in [4.69, 9.17) is 17.3 Å². The van der Waals surface area contributed by atoms with Crippen molar-refractivity contribution in [3.05, 3.63) is 34.7 Å². The number of thiazole rings is 1. The smallest absolute Gasteiger partial charge is 0.170 e. The van der Waals surface area contributed by atoms with Crippen molar-refractivity contribution in [3.63, 3.8) is 0 Å². The topological polar surface area (TPSA) is 57.2 Å². The van der Waals surface area contributed by atoms with E-state index in [1.54, 1.807) is 11.3 Å². The summed E-state index contributed by atoms with van der Waals surface area (Å²) in [4.78, 5) is 4.48. The van der Waals surface area contributed by atoms with E-state index in [1.807, 2.05) is 36.6 Å². The molecule has 0 saturated carbocycles. The number of benzene rings is 1. The fourth-order valence-electron chi connectivity index (χ4n) is 1.71. The zero-order valence-electron chi connectivity index (χ0n) is 11.2. The predicted octanol–water partition coefficient (Wildman–Crippen LogP) is 2.79. The summed E-state index contributed by atoms with van der Waals surface area (Å²) in [5.41, 5.74) is 2.97. The maximum absolute atomic E-state index is 8.72. The van der Waals surface area contributed by atoms with Gasteiger partial charge in [0.25, 0.3) is 0 Å². The molecule has 0 unspecified atom stereocenters. The molecule has 0 aliphatic heterocycles. The van der Waals surface area contributed by atoms with Crippen LogP contribution in [-0.2, 0) is 0 Å². The molecule has 0 atom stereocenters. The highest BCUT2D eigenvalue weighted by atomic mass is 32.1. The lowest BCUT2D eigenvalue weighted by Gasteiger charge is -2.10. The fourth-order valence-corrected chi connectivity index (χ4v) is 2.55. The average molecular weight is 307 g/mol. The van der Waals surface area contributed by atoms with Gasteiger partial charge in [0.2, 0.25) is 0 Å². The number of aliphatic hydroxyl groups is 1. The molecule has 1 aromatic carbocycles. The SMILES string of the molecule is Cc1nc(-c2cccc(NC(=S)NCCCO)c2)cs1. The number of nitrogens with one attached hydrogen (secondary N) is 2. The van der Waals surface area contributed by atoms with E-state index in [-0.39, 0.29) is 6.61 Å². The lowest BCUT2D eigenvalue weighted by molar-refractivity contribution is 0.289. The van der Waals surface area contributed by atoms with Crippen molar-refractivity contribution in [2.45, 2.75) is 13.3 Å². The Morgan fingerprint density at radius 1 is 1.45 bits per heavy atom. The summed E-state index contributed by atoms with van der Waals surface area (Å²) in [6.45, 7) is 2.82. The van der Waals surface area contributed by atoms with Gasteiger partial charge in [0.1, 0.15) is 0 Å². The zero-order valence-corrected chi connectivity index (χ0v) is 12.9. The first-order valence-electron chi connectivity index (χ1n) is 6.37. The van der Waals surface area contributed by atoms with Crippen LogP contribution in [0.15, 0.2) is 29.6 Å². The molecule has 4 nitrogen and oxygen atoms in total. The van der Waals surface area contributed by atoms with Crippen molar-refractivity contribution in [2.75, 3.05) is 18.5 Å². The molecule has 0 amide bonds. The molecule has 0 radical (unpaired) electrons. The van der Waals surface area contributed by atoms with Crippen molar-refractivity contribution in [1.29, 1.82) is 0 Å². The highest BCUT2D eigenvalue weighted by Crippen LogP contribution is 2.24. The Hall–Kier alpha value is -1.50.